The molecule has 2 amide bonds. The second-order valence-electron chi connectivity index (χ2n) is 6.46. The summed E-state index contributed by atoms with van der Waals surface area (Å²) in [5.74, 6) is 0. The zero-order valence-corrected chi connectivity index (χ0v) is 14.0. The molecule has 1 heterocycles. The second kappa shape index (κ2) is 7.88. The van der Waals surface area contributed by atoms with Crippen LogP contribution in [0.4, 0.5) is 18.0 Å². The first-order chi connectivity index (χ1) is 11.3. The maximum Gasteiger partial charge on any atom is 0.416 e. The third-order valence-electron chi connectivity index (χ3n) is 4.28. The average Bonchev–Trinajstić information content (AvgIpc) is 2.49. The van der Waals surface area contributed by atoms with E-state index in [4.69, 9.17) is 0 Å². The number of nitrogens with zero attached hydrogens (tertiary/aromatic N) is 1. The highest BCUT2D eigenvalue weighted by molar-refractivity contribution is 5.74. The Balaban J connectivity index is 1.87. The minimum Gasteiger partial charge on any atom is -0.335 e. The molecule has 1 aliphatic heterocycles. The zero-order valence-electron chi connectivity index (χ0n) is 14.0. The van der Waals surface area contributed by atoms with Crippen LogP contribution in [-0.4, -0.2) is 43.2 Å². The highest BCUT2D eigenvalue weighted by atomic mass is 19.4. The summed E-state index contributed by atoms with van der Waals surface area (Å²) < 4.78 is 39.0. The van der Waals surface area contributed by atoms with Crippen molar-refractivity contribution in [3.05, 3.63) is 35.4 Å². The highest BCUT2D eigenvalue weighted by Gasteiger charge is 2.33. The number of hydrogen-bond donors (Lipinski definition) is 2. The lowest BCUT2D eigenvalue weighted by atomic mass is 10.0. The van der Waals surface area contributed by atoms with Gasteiger partial charge in [0.05, 0.1) is 5.56 Å². The summed E-state index contributed by atoms with van der Waals surface area (Å²) in [7, 11) is 2.04. The van der Waals surface area contributed by atoms with Gasteiger partial charge in [-0.2, -0.15) is 13.2 Å². The van der Waals surface area contributed by atoms with Gasteiger partial charge in [0.15, 0.2) is 0 Å². The highest BCUT2D eigenvalue weighted by Crippen LogP contribution is 2.32. The van der Waals surface area contributed by atoms with Crippen molar-refractivity contribution in [2.75, 3.05) is 20.1 Å². The minimum absolute atomic E-state index is 0.121. The van der Waals surface area contributed by atoms with Crippen molar-refractivity contribution < 1.29 is 18.0 Å². The summed E-state index contributed by atoms with van der Waals surface area (Å²) in [6, 6.07) is 4.89. The molecule has 24 heavy (non-hydrogen) atoms. The van der Waals surface area contributed by atoms with Crippen molar-refractivity contribution in [3.63, 3.8) is 0 Å². The number of rotatable bonds is 4. The predicted octanol–water partition coefficient (Wildman–Crippen LogP) is 3.03. The van der Waals surface area contributed by atoms with E-state index in [9.17, 15) is 18.0 Å². The minimum atomic E-state index is -4.38. The number of nitrogens with one attached hydrogen (secondary N) is 2. The van der Waals surface area contributed by atoms with E-state index in [1.807, 2.05) is 7.05 Å². The van der Waals surface area contributed by atoms with Gasteiger partial charge in [0.2, 0.25) is 0 Å². The van der Waals surface area contributed by atoms with Gasteiger partial charge in [-0.05, 0) is 58.0 Å². The Labute approximate surface area is 140 Å². The van der Waals surface area contributed by atoms with E-state index in [1.165, 1.54) is 12.1 Å². The molecule has 1 saturated heterocycles. The Bertz CT molecular complexity index is 554. The number of likely N-dealkylation sites (tertiary alicyclic amines) is 1. The third kappa shape index (κ3) is 5.40. The van der Waals surface area contributed by atoms with Gasteiger partial charge >= 0.3 is 12.2 Å². The zero-order chi connectivity index (χ0) is 17.7. The van der Waals surface area contributed by atoms with Crippen LogP contribution in [0.2, 0.25) is 0 Å². The topological polar surface area (TPSA) is 44.4 Å². The molecule has 0 saturated carbocycles. The quantitative estimate of drug-likeness (QED) is 0.883. The second-order valence-corrected chi connectivity index (χ2v) is 6.46. The molecule has 1 atom stereocenters. The van der Waals surface area contributed by atoms with Crippen LogP contribution in [0.3, 0.4) is 0 Å². The molecule has 1 aromatic carbocycles. The maximum absolute atomic E-state index is 13.0. The van der Waals surface area contributed by atoms with Gasteiger partial charge in [0.1, 0.15) is 0 Å². The monoisotopic (exact) mass is 343 g/mol. The van der Waals surface area contributed by atoms with Crippen LogP contribution in [0.15, 0.2) is 24.3 Å². The van der Waals surface area contributed by atoms with Gasteiger partial charge in [-0.25, -0.2) is 4.79 Å². The Morgan fingerprint density at radius 1 is 1.29 bits per heavy atom. The van der Waals surface area contributed by atoms with Gasteiger partial charge in [0, 0.05) is 12.1 Å². The third-order valence-corrected chi connectivity index (χ3v) is 4.28. The maximum atomic E-state index is 13.0. The predicted molar refractivity (Wildman–Crippen MR) is 86.8 cm³/mol. The number of piperidine rings is 1. The number of benzene rings is 1. The van der Waals surface area contributed by atoms with Crippen molar-refractivity contribution in [2.45, 2.75) is 44.4 Å². The standard InChI is InChI=1S/C17H24F3N3O/c1-12(11-13-5-3-4-6-15(13)17(18,19)20)21-16(24)22-14-7-9-23(2)10-8-14/h3-6,12,14H,7-11H2,1-2H3,(H2,21,22,24)/t12-/m1/s1. The molecule has 0 unspecified atom stereocenters. The Morgan fingerprint density at radius 3 is 2.54 bits per heavy atom. The lowest BCUT2D eigenvalue weighted by Gasteiger charge is -2.30. The van der Waals surface area contributed by atoms with Crippen LogP contribution in [0.5, 0.6) is 0 Å². The Kier molecular flexibility index (Phi) is 6.10. The molecule has 2 N–H and O–H groups in total. The number of urea groups is 1. The number of halogens is 3. The molecule has 1 fully saturated rings. The smallest absolute Gasteiger partial charge is 0.335 e. The van der Waals surface area contributed by atoms with E-state index in [2.05, 4.69) is 15.5 Å². The van der Waals surface area contributed by atoms with Crippen molar-refractivity contribution in [1.82, 2.24) is 15.5 Å². The molecule has 0 aliphatic carbocycles. The molecule has 0 radical (unpaired) electrons. The molecule has 7 heteroatoms. The number of carbonyl (C=O) groups is 1. The van der Waals surface area contributed by atoms with E-state index < -0.39 is 11.7 Å². The molecule has 0 aromatic heterocycles. The van der Waals surface area contributed by atoms with Crippen molar-refractivity contribution in [3.8, 4) is 0 Å². The first kappa shape index (κ1) is 18.6. The van der Waals surface area contributed by atoms with E-state index in [0.717, 1.165) is 32.0 Å². The van der Waals surface area contributed by atoms with Gasteiger partial charge in [-0.15, -0.1) is 0 Å². The normalized spacial score (nSPS) is 18.2. The van der Waals surface area contributed by atoms with E-state index in [0.29, 0.717) is 0 Å². The molecule has 2 rings (SSSR count). The summed E-state index contributed by atoms with van der Waals surface area (Å²) in [6.45, 7) is 3.57. The molecule has 0 spiro atoms. The van der Waals surface area contributed by atoms with Crippen molar-refractivity contribution >= 4 is 6.03 Å². The van der Waals surface area contributed by atoms with Crippen LogP contribution in [0, 0.1) is 0 Å². The molecular formula is C17H24F3N3O. The van der Waals surface area contributed by atoms with E-state index in [-0.39, 0.29) is 30.1 Å². The van der Waals surface area contributed by atoms with Crippen molar-refractivity contribution in [1.29, 1.82) is 0 Å². The largest absolute Gasteiger partial charge is 0.416 e. The summed E-state index contributed by atoms with van der Waals surface area (Å²) in [5, 5.41) is 5.64. The Hall–Kier alpha value is -1.76. The molecule has 134 valence electrons. The van der Waals surface area contributed by atoms with Crippen LogP contribution in [0.1, 0.15) is 30.9 Å². The fourth-order valence-corrected chi connectivity index (χ4v) is 2.96. The van der Waals surface area contributed by atoms with Gasteiger partial charge in [-0.3, -0.25) is 0 Å². The van der Waals surface area contributed by atoms with E-state index >= 15 is 0 Å². The fourth-order valence-electron chi connectivity index (χ4n) is 2.96. The SMILES string of the molecule is C[C@H](Cc1ccccc1C(F)(F)F)NC(=O)NC1CCN(C)CC1. The lowest BCUT2D eigenvalue weighted by Crippen LogP contribution is -2.49. The molecule has 1 aromatic rings. The van der Waals surface area contributed by atoms with Crippen LogP contribution >= 0.6 is 0 Å². The first-order valence-electron chi connectivity index (χ1n) is 8.16. The fraction of sp³-hybridized carbons (Fsp3) is 0.588. The lowest BCUT2D eigenvalue weighted by molar-refractivity contribution is -0.138. The van der Waals surface area contributed by atoms with Gasteiger partial charge in [0.25, 0.3) is 0 Å². The van der Waals surface area contributed by atoms with E-state index in [1.54, 1.807) is 13.0 Å². The molecule has 0 bridgehead atoms. The average molecular weight is 343 g/mol. The molecule has 4 nitrogen and oxygen atoms in total. The van der Waals surface area contributed by atoms with Gasteiger partial charge in [-0.1, -0.05) is 18.2 Å². The van der Waals surface area contributed by atoms with Gasteiger partial charge < -0.3 is 15.5 Å². The van der Waals surface area contributed by atoms with Crippen LogP contribution < -0.4 is 10.6 Å². The number of carbonyl (C=O) groups excluding carboxylic acids is 1. The molecule has 1 aliphatic rings. The summed E-state index contributed by atoms with van der Waals surface area (Å²) in [5.41, 5.74) is -0.452. The molecular weight excluding hydrogens is 319 g/mol. The number of amides is 2. The number of alkyl halides is 3. The Morgan fingerprint density at radius 2 is 1.92 bits per heavy atom. The summed E-state index contributed by atoms with van der Waals surface area (Å²) >= 11 is 0. The van der Waals surface area contributed by atoms with Crippen LogP contribution in [0.25, 0.3) is 0 Å². The summed E-state index contributed by atoms with van der Waals surface area (Å²) in [6.07, 6.45) is -2.48. The van der Waals surface area contributed by atoms with Crippen LogP contribution in [-0.2, 0) is 12.6 Å². The first-order valence-corrected chi connectivity index (χ1v) is 8.16. The van der Waals surface area contributed by atoms with Crippen molar-refractivity contribution in [2.24, 2.45) is 0 Å². The number of hydrogen-bond acceptors (Lipinski definition) is 2. The summed E-state index contributed by atoms with van der Waals surface area (Å²) in [4.78, 5) is 14.2.